The number of rotatable bonds is 8. The Bertz CT molecular complexity index is 1230. The molecule has 2 heterocycles. The first-order valence-corrected chi connectivity index (χ1v) is 12.2. The molecule has 0 amide bonds. The number of H-pyrrole nitrogens is 1. The summed E-state index contributed by atoms with van der Waals surface area (Å²) in [6.07, 6.45) is -9.65. The van der Waals surface area contributed by atoms with Gasteiger partial charge < -0.3 is 9.64 Å². The molecule has 6 nitrogen and oxygen atoms in total. The molecule has 0 radical (unpaired) electrons. The number of nitrogens with zero attached hydrogens (tertiary/aromatic N) is 4. The molecule has 4 atom stereocenters. The van der Waals surface area contributed by atoms with Gasteiger partial charge in [0.05, 0.1) is 17.7 Å². The summed E-state index contributed by atoms with van der Waals surface area (Å²) in [6.45, 7) is 0.614. The second-order valence-corrected chi connectivity index (χ2v) is 10.2. The summed E-state index contributed by atoms with van der Waals surface area (Å²) in [5.41, 5.74) is -0.850. The lowest BCUT2D eigenvalue weighted by molar-refractivity contribution is -0.143. The predicted octanol–water partition coefficient (Wildman–Crippen LogP) is 5.81. The van der Waals surface area contributed by atoms with Crippen molar-refractivity contribution in [2.75, 3.05) is 20.6 Å². The third kappa shape index (κ3) is 5.57. The third-order valence-electron chi connectivity index (χ3n) is 7.03. The highest BCUT2D eigenvalue weighted by Crippen LogP contribution is 2.58. The molecule has 1 aromatic heterocycles. The Kier molecular flexibility index (Phi) is 6.99. The van der Waals surface area contributed by atoms with Crippen molar-refractivity contribution >= 4 is 0 Å². The van der Waals surface area contributed by atoms with E-state index in [1.807, 2.05) is 49.3 Å². The third-order valence-corrected chi connectivity index (χ3v) is 7.03. The molecule has 2 aromatic carbocycles. The van der Waals surface area contributed by atoms with Crippen LogP contribution in [0.1, 0.15) is 52.3 Å². The zero-order valence-corrected chi connectivity index (χ0v) is 20.7. The largest absolute Gasteiger partial charge is 0.416 e. The van der Waals surface area contributed by atoms with Gasteiger partial charge in [0.25, 0.3) is 0 Å². The van der Waals surface area contributed by atoms with Crippen LogP contribution in [-0.4, -0.2) is 45.9 Å². The maximum Gasteiger partial charge on any atom is 0.416 e. The van der Waals surface area contributed by atoms with E-state index >= 15 is 0 Å². The molecule has 1 aliphatic heterocycles. The van der Waals surface area contributed by atoms with Crippen LogP contribution in [0.4, 0.5) is 26.3 Å². The topological polar surface area (TPSA) is 57.3 Å². The van der Waals surface area contributed by atoms with E-state index in [9.17, 15) is 26.3 Å². The molecule has 4 unspecified atom stereocenters. The molecule has 3 aromatic rings. The number of likely N-dealkylation sites (tertiary alicyclic amines) is 1. The first kappa shape index (κ1) is 26.6. The van der Waals surface area contributed by atoms with Crippen molar-refractivity contribution in [2.24, 2.45) is 11.8 Å². The van der Waals surface area contributed by atoms with Gasteiger partial charge in [0.2, 0.25) is 0 Å². The number of piperidine rings is 1. The number of aromatic nitrogens is 3. The van der Waals surface area contributed by atoms with Gasteiger partial charge in [0.15, 0.2) is 6.23 Å². The monoisotopic (exact) mass is 539 g/mol. The minimum Gasteiger partial charge on any atom is -0.352 e. The van der Waals surface area contributed by atoms with Crippen molar-refractivity contribution in [1.82, 2.24) is 25.2 Å². The standard InChI is InChI=1S/C26H27F6N5O/c1-36(2)13-21-22(34-35-33-21)24(37-12-17-10-20(17)23(37)16-6-4-3-5-7-16)38-14-15-8-18(25(27,28)29)11-19(9-15)26(30,31)32/h3-9,11,17,20,23-24H,10,12-14H2,1-2H3,(H,33,34,35). The lowest BCUT2D eigenvalue weighted by Gasteiger charge is -2.34. The van der Waals surface area contributed by atoms with E-state index in [2.05, 4.69) is 20.3 Å². The molecular formula is C26H27F6N5O. The summed E-state index contributed by atoms with van der Waals surface area (Å²) in [5, 5.41) is 11.2. The number of hydrogen-bond donors (Lipinski definition) is 1. The van der Waals surface area contributed by atoms with E-state index in [4.69, 9.17) is 4.74 Å². The Morgan fingerprint density at radius 2 is 1.66 bits per heavy atom. The van der Waals surface area contributed by atoms with Gasteiger partial charge in [0, 0.05) is 19.1 Å². The summed E-state index contributed by atoms with van der Waals surface area (Å²) in [5.74, 6) is 0.819. The molecule has 1 saturated heterocycles. The summed E-state index contributed by atoms with van der Waals surface area (Å²) in [4.78, 5) is 3.99. The summed E-state index contributed by atoms with van der Waals surface area (Å²) in [6, 6.07) is 11.3. The van der Waals surface area contributed by atoms with E-state index in [0.717, 1.165) is 12.0 Å². The quantitative estimate of drug-likeness (QED) is 0.366. The van der Waals surface area contributed by atoms with Crippen LogP contribution in [-0.2, 0) is 30.2 Å². The maximum atomic E-state index is 13.4. The van der Waals surface area contributed by atoms with Crippen LogP contribution in [0, 0.1) is 11.8 Å². The van der Waals surface area contributed by atoms with Crippen LogP contribution < -0.4 is 0 Å². The first-order chi connectivity index (χ1) is 17.9. The fourth-order valence-electron chi connectivity index (χ4n) is 5.31. The Balaban J connectivity index is 1.50. The van der Waals surface area contributed by atoms with Crippen LogP contribution in [0.15, 0.2) is 48.5 Å². The Morgan fingerprint density at radius 1 is 1.00 bits per heavy atom. The van der Waals surface area contributed by atoms with Gasteiger partial charge in [-0.15, -0.1) is 0 Å². The Morgan fingerprint density at radius 3 is 2.26 bits per heavy atom. The lowest BCUT2D eigenvalue weighted by Crippen LogP contribution is -2.34. The molecule has 38 heavy (non-hydrogen) atoms. The highest BCUT2D eigenvalue weighted by molar-refractivity contribution is 5.33. The molecule has 0 bridgehead atoms. The Labute approximate surface area is 215 Å². The molecule has 2 aliphatic rings. The fraction of sp³-hybridized carbons (Fsp3) is 0.462. The fourth-order valence-corrected chi connectivity index (χ4v) is 5.31. The number of aromatic amines is 1. The van der Waals surface area contributed by atoms with Gasteiger partial charge in [-0.1, -0.05) is 30.3 Å². The van der Waals surface area contributed by atoms with Crippen LogP contribution in [0.2, 0.25) is 0 Å². The zero-order valence-electron chi connectivity index (χ0n) is 20.7. The normalized spacial score (nSPS) is 22.6. The highest BCUT2D eigenvalue weighted by atomic mass is 19.4. The SMILES string of the molecule is CN(C)Cc1n[nH]nc1C(OCc1cc(C(F)(F)F)cc(C(F)(F)F)c1)N1CC2CC2C1c1ccccc1. The lowest BCUT2D eigenvalue weighted by atomic mass is 10.0. The van der Waals surface area contributed by atoms with Gasteiger partial charge in [-0.25, -0.2) is 0 Å². The molecular weight excluding hydrogens is 512 g/mol. The number of hydrogen-bond acceptors (Lipinski definition) is 5. The maximum absolute atomic E-state index is 13.4. The van der Waals surface area contributed by atoms with Crippen LogP contribution in [0.25, 0.3) is 0 Å². The summed E-state index contributed by atoms with van der Waals surface area (Å²) in [7, 11) is 3.71. The van der Waals surface area contributed by atoms with Crippen LogP contribution in [0.3, 0.4) is 0 Å². The second kappa shape index (κ2) is 9.97. The van der Waals surface area contributed by atoms with Gasteiger partial charge in [0.1, 0.15) is 11.4 Å². The van der Waals surface area contributed by atoms with Gasteiger partial charge in [-0.3, -0.25) is 4.90 Å². The minimum absolute atomic E-state index is 0.0256. The van der Waals surface area contributed by atoms with Gasteiger partial charge in [-0.05, 0) is 61.7 Å². The van der Waals surface area contributed by atoms with E-state index < -0.39 is 36.3 Å². The van der Waals surface area contributed by atoms with E-state index in [-0.39, 0.29) is 17.7 Å². The molecule has 0 spiro atoms. The van der Waals surface area contributed by atoms with Gasteiger partial charge in [-0.2, -0.15) is 41.8 Å². The molecule has 204 valence electrons. The van der Waals surface area contributed by atoms with Crippen molar-refractivity contribution in [3.8, 4) is 0 Å². The van der Waals surface area contributed by atoms with Crippen molar-refractivity contribution in [1.29, 1.82) is 0 Å². The number of benzene rings is 2. The van der Waals surface area contributed by atoms with E-state index in [0.29, 0.717) is 48.4 Å². The minimum atomic E-state index is -4.94. The second-order valence-electron chi connectivity index (χ2n) is 10.2. The number of nitrogens with one attached hydrogen (secondary N) is 1. The van der Waals surface area contributed by atoms with Gasteiger partial charge >= 0.3 is 12.4 Å². The summed E-state index contributed by atoms with van der Waals surface area (Å²) < 4.78 is 86.7. The average molecular weight is 540 g/mol. The molecule has 5 rings (SSSR count). The van der Waals surface area contributed by atoms with Crippen molar-refractivity contribution in [3.05, 3.63) is 82.2 Å². The summed E-state index contributed by atoms with van der Waals surface area (Å²) >= 11 is 0. The van der Waals surface area contributed by atoms with Crippen molar-refractivity contribution in [3.63, 3.8) is 0 Å². The van der Waals surface area contributed by atoms with E-state index in [1.54, 1.807) is 0 Å². The Hall–Kier alpha value is -2.96. The number of ether oxygens (including phenoxy) is 1. The van der Waals surface area contributed by atoms with Crippen molar-refractivity contribution < 1.29 is 31.1 Å². The number of halogens is 6. The highest BCUT2D eigenvalue weighted by Gasteiger charge is 2.55. The zero-order chi connectivity index (χ0) is 27.2. The molecule has 12 heteroatoms. The number of alkyl halides is 6. The molecule has 1 N–H and O–H groups in total. The number of fused-ring (bicyclic) bond motifs is 1. The molecule has 1 aliphatic carbocycles. The average Bonchev–Trinajstić information content (AvgIpc) is 3.28. The van der Waals surface area contributed by atoms with Crippen molar-refractivity contribution in [2.45, 2.75) is 44.2 Å². The van der Waals surface area contributed by atoms with E-state index in [1.165, 1.54) is 0 Å². The molecule has 2 fully saturated rings. The van der Waals surface area contributed by atoms with Crippen LogP contribution in [0.5, 0.6) is 0 Å². The molecule has 1 saturated carbocycles. The van der Waals surface area contributed by atoms with Crippen LogP contribution >= 0.6 is 0 Å². The smallest absolute Gasteiger partial charge is 0.352 e. The predicted molar refractivity (Wildman–Crippen MR) is 125 cm³/mol. The first-order valence-electron chi connectivity index (χ1n) is 12.2.